The zero-order chi connectivity index (χ0) is 13.1. The van der Waals surface area contributed by atoms with Gasteiger partial charge in [-0.2, -0.15) is 0 Å². The van der Waals surface area contributed by atoms with Gasteiger partial charge in [0.2, 0.25) is 0 Å². The maximum Gasteiger partial charge on any atom is 0.107 e. The van der Waals surface area contributed by atoms with Gasteiger partial charge in [-0.3, -0.25) is 0 Å². The van der Waals surface area contributed by atoms with E-state index in [9.17, 15) is 0 Å². The van der Waals surface area contributed by atoms with Gasteiger partial charge in [-0.05, 0) is 44.5 Å². The van der Waals surface area contributed by atoms with Gasteiger partial charge in [-0.1, -0.05) is 17.7 Å². The fourth-order valence-corrected chi connectivity index (χ4v) is 2.69. The summed E-state index contributed by atoms with van der Waals surface area (Å²) in [6.45, 7) is 6.51. The van der Waals surface area contributed by atoms with Crippen molar-refractivity contribution in [2.75, 3.05) is 7.05 Å². The molecule has 2 N–H and O–H groups in total. The molecule has 0 aliphatic rings. The average molecular weight is 243 g/mol. The highest BCUT2D eigenvalue weighted by Gasteiger charge is 2.16. The summed E-state index contributed by atoms with van der Waals surface area (Å²) in [5.41, 5.74) is 5.40. The van der Waals surface area contributed by atoms with E-state index in [1.54, 1.807) is 6.20 Å². The lowest BCUT2D eigenvalue weighted by molar-refractivity contribution is 0.572. The van der Waals surface area contributed by atoms with Crippen LogP contribution in [-0.2, 0) is 6.42 Å². The Hall–Kier alpha value is -1.61. The van der Waals surface area contributed by atoms with E-state index in [0.717, 1.165) is 12.2 Å². The molecule has 0 aliphatic carbocycles. The highest BCUT2D eigenvalue weighted by molar-refractivity contribution is 5.40. The molecule has 2 aromatic rings. The maximum atomic E-state index is 4.31. The lowest BCUT2D eigenvalue weighted by Crippen LogP contribution is -2.21. The predicted molar refractivity (Wildman–Crippen MR) is 74.7 cm³/mol. The van der Waals surface area contributed by atoms with Crippen molar-refractivity contribution in [3.63, 3.8) is 0 Å². The maximum absolute atomic E-state index is 4.31. The SMILES string of the molecule is CNC(Cc1ncc[nH]1)c1c(C)cc(C)cc1C. The van der Waals surface area contributed by atoms with E-state index in [0.29, 0.717) is 6.04 Å². The molecule has 18 heavy (non-hydrogen) atoms. The number of rotatable bonds is 4. The van der Waals surface area contributed by atoms with Gasteiger partial charge in [0, 0.05) is 24.9 Å². The Morgan fingerprint density at radius 1 is 1.22 bits per heavy atom. The molecule has 1 atom stereocenters. The first-order valence-electron chi connectivity index (χ1n) is 6.35. The van der Waals surface area contributed by atoms with Crippen molar-refractivity contribution in [2.45, 2.75) is 33.2 Å². The lowest BCUT2D eigenvalue weighted by atomic mass is 9.92. The molecule has 1 unspecified atom stereocenters. The number of hydrogen-bond acceptors (Lipinski definition) is 2. The van der Waals surface area contributed by atoms with Gasteiger partial charge in [-0.15, -0.1) is 0 Å². The molecule has 0 saturated heterocycles. The number of benzene rings is 1. The fraction of sp³-hybridized carbons (Fsp3) is 0.400. The van der Waals surface area contributed by atoms with Crippen LogP contribution in [0, 0.1) is 20.8 Å². The van der Waals surface area contributed by atoms with Crippen LogP contribution in [0.5, 0.6) is 0 Å². The van der Waals surface area contributed by atoms with Crippen LogP contribution in [-0.4, -0.2) is 17.0 Å². The first-order valence-corrected chi connectivity index (χ1v) is 6.35. The number of nitrogens with one attached hydrogen (secondary N) is 2. The topological polar surface area (TPSA) is 40.7 Å². The molecule has 96 valence electrons. The molecule has 0 spiro atoms. The number of likely N-dealkylation sites (N-methyl/N-ethyl adjacent to an activating group) is 1. The minimum atomic E-state index is 0.303. The predicted octanol–water partition coefficient (Wildman–Crippen LogP) is 2.84. The number of nitrogens with zero attached hydrogens (tertiary/aromatic N) is 1. The molecular weight excluding hydrogens is 222 g/mol. The summed E-state index contributed by atoms with van der Waals surface area (Å²) in [7, 11) is 2.01. The first kappa shape index (κ1) is 12.8. The average Bonchev–Trinajstić information content (AvgIpc) is 2.79. The molecular formula is C15H21N3. The molecule has 1 heterocycles. The Kier molecular flexibility index (Phi) is 3.82. The minimum Gasteiger partial charge on any atom is -0.349 e. The second-order valence-electron chi connectivity index (χ2n) is 4.89. The summed E-state index contributed by atoms with van der Waals surface area (Å²) >= 11 is 0. The second kappa shape index (κ2) is 5.36. The van der Waals surface area contributed by atoms with E-state index in [2.05, 4.69) is 48.2 Å². The highest BCUT2D eigenvalue weighted by Crippen LogP contribution is 2.25. The Bertz CT molecular complexity index is 492. The monoisotopic (exact) mass is 243 g/mol. The van der Waals surface area contributed by atoms with Crippen molar-refractivity contribution in [1.29, 1.82) is 0 Å². The van der Waals surface area contributed by atoms with Crippen molar-refractivity contribution in [3.8, 4) is 0 Å². The summed E-state index contributed by atoms with van der Waals surface area (Å²) in [4.78, 5) is 7.48. The third-order valence-electron chi connectivity index (χ3n) is 3.39. The van der Waals surface area contributed by atoms with Gasteiger partial charge in [-0.25, -0.2) is 4.98 Å². The van der Waals surface area contributed by atoms with Crippen LogP contribution < -0.4 is 5.32 Å². The minimum absolute atomic E-state index is 0.303. The summed E-state index contributed by atoms with van der Waals surface area (Å²) < 4.78 is 0. The Balaban J connectivity index is 2.33. The van der Waals surface area contributed by atoms with Crippen LogP contribution in [0.15, 0.2) is 24.5 Å². The number of aromatic nitrogens is 2. The summed E-state index contributed by atoms with van der Waals surface area (Å²) in [6, 6.07) is 4.79. The van der Waals surface area contributed by atoms with Gasteiger partial charge in [0.05, 0.1) is 0 Å². The molecule has 0 fully saturated rings. The van der Waals surface area contributed by atoms with E-state index in [1.165, 1.54) is 22.3 Å². The molecule has 1 aromatic carbocycles. The van der Waals surface area contributed by atoms with E-state index in [4.69, 9.17) is 0 Å². The fourth-order valence-electron chi connectivity index (χ4n) is 2.69. The van der Waals surface area contributed by atoms with Crippen molar-refractivity contribution < 1.29 is 0 Å². The lowest BCUT2D eigenvalue weighted by Gasteiger charge is -2.21. The summed E-state index contributed by atoms with van der Waals surface area (Å²) in [5, 5.41) is 3.40. The Morgan fingerprint density at radius 2 is 1.89 bits per heavy atom. The molecule has 0 saturated carbocycles. The van der Waals surface area contributed by atoms with Crippen LogP contribution in [0.4, 0.5) is 0 Å². The van der Waals surface area contributed by atoms with Gasteiger partial charge < -0.3 is 10.3 Å². The number of hydrogen-bond donors (Lipinski definition) is 2. The first-order chi connectivity index (χ1) is 8.61. The normalized spacial score (nSPS) is 12.7. The van der Waals surface area contributed by atoms with Crippen molar-refractivity contribution in [1.82, 2.24) is 15.3 Å². The molecule has 3 nitrogen and oxygen atoms in total. The third-order valence-corrected chi connectivity index (χ3v) is 3.39. The number of H-pyrrole nitrogens is 1. The molecule has 1 aromatic heterocycles. The van der Waals surface area contributed by atoms with Gasteiger partial charge in [0.15, 0.2) is 0 Å². The highest BCUT2D eigenvalue weighted by atomic mass is 14.9. The van der Waals surface area contributed by atoms with Crippen LogP contribution in [0.2, 0.25) is 0 Å². The van der Waals surface area contributed by atoms with E-state index in [-0.39, 0.29) is 0 Å². The largest absolute Gasteiger partial charge is 0.349 e. The Morgan fingerprint density at radius 3 is 2.39 bits per heavy atom. The Labute approximate surface area is 109 Å². The zero-order valence-corrected chi connectivity index (χ0v) is 11.5. The third kappa shape index (κ3) is 2.62. The van der Waals surface area contributed by atoms with E-state index < -0.39 is 0 Å². The number of aryl methyl sites for hydroxylation is 3. The van der Waals surface area contributed by atoms with Crippen LogP contribution in [0.25, 0.3) is 0 Å². The van der Waals surface area contributed by atoms with E-state index in [1.807, 2.05) is 13.2 Å². The van der Waals surface area contributed by atoms with Gasteiger partial charge in [0.25, 0.3) is 0 Å². The molecule has 0 aliphatic heterocycles. The molecule has 0 amide bonds. The quantitative estimate of drug-likeness (QED) is 0.867. The molecule has 0 bridgehead atoms. The number of imidazole rings is 1. The van der Waals surface area contributed by atoms with E-state index >= 15 is 0 Å². The van der Waals surface area contributed by atoms with Crippen molar-refractivity contribution in [3.05, 3.63) is 52.6 Å². The molecule has 3 heteroatoms. The summed E-state index contributed by atoms with van der Waals surface area (Å²) in [6.07, 6.45) is 4.56. The van der Waals surface area contributed by atoms with Crippen molar-refractivity contribution >= 4 is 0 Å². The number of aromatic amines is 1. The van der Waals surface area contributed by atoms with Gasteiger partial charge >= 0.3 is 0 Å². The van der Waals surface area contributed by atoms with Gasteiger partial charge in [0.1, 0.15) is 5.82 Å². The smallest absolute Gasteiger partial charge is 0.107 e. The van der Waals surface area contributed by atoms with Crippen LogP contribution >= 0.6 is 0 Å². The van der Waals surface area contributed by atoms with Crippen LogP contribution in [0.1, 0.15) is 34.1 Å². The summed E-state index contributed by atoms with van der Waals surface area (Å²) in [5.74, 6) is 1.02. The molecule has 2 rings (SSSR count). The zero-order valence-electron chi connectivity index (χ0n) is 11.5. The van der Waals surface area contributed by atoms with Crippen LogP contribution in [0.3, 0.4) is 0 Å². The standard InChI is InChI=1S/C15H21N3/c1-10-7-11(2)15(12(3)8-10)13(16-4)9-14-17-5-6-18-14/h5-8,13,16H,9H2,1-4H3,(H,17,18). The molecule has 0 radical (unpaired) electrons. The second-order valence-corrected chi connectivity index (χ2v) is 4.89. The van der Waals surface area contributed by atoms with Crippen molar-refractivity contribution in [2.24, 2.45) is 0 Å².